The van der Waals surface area contributed by atoms with Crippen LogP contribution in [-0.4, -0.2) is 20.6 Å². The van der Waals surface area contributed by atoms with Gasteiger partial charge in [-0.2, -0.15) is 0 Å². The van der Waals surface area contributed by atoms with Gasteiger partial charge in [0.1, 0.15) is 11.2 Å². The Morgan fingerprint density at radius 1 is 0.816 bits per heavy atom. The van der Waals surface area contributed by atoms with Crippen LogP contribution in [0.15, 0.2) is 91.0 Å². The van der Waals surface area contributed by atoms with Gasteiger partial charge >= 0.3 is 5.97 Å². The van der Waals surface area contributed by atoms with E-state index in [0.29, 0.717) is 38.3 Å². The largest absolute Gasteiger partial charge is 0.480 e. The molecule has 0 fully saturated rings. The number of aromatic nitrogens is 2. The van der Waals surface area contributed by atoms with Crippen LogP contribution in [0, 0.1) is 0 Å². The second kappa shape index (κ2) is 10.8. The van der Waals surface area contributed by atoms with Gasteiger partial charge < -0.3 is 9.67 Å². The number of aliphatic carboxylic acids is 1. The first kappa shape index (κ1) is 26.3. The van der Waals surface area contributed by atoms with Crippen molar-refractivity contribution < 1.29 is 9.90 Å². The second-order valence-corrected chi connectivity index (χ2v) is 10.5. The molecular weight excluding hydrogens is 539 g/mol. The minimum atomic E-state index is -1.49. The summed E-state index contributed by atoms with van der Waals surface area (Å²) in [5.41, 5.74) is 3.15. The van der Waals surface area contributed by atoms with Crippen molar-refractivity contribution in [1.29, 1.82) is 0 Å². The third-order valence-electron chi connectivity index (χ3n) is 6.96. The van der Waals surface area contributed by atoms with E-state index < -0.39 is 11.4 Å². The van der Waals surface area contributed by atoms with Crippen molar-refractivity contribution in [3.63, 3.8) is 0 Å². The zero-order valence-corrected chi connectivity index (χ0v) is 22.9. The molecule has 0 atom stereocenters. The molecule has 192 valence electrons. The molecule has 0 radical (unpaired) electrons. The molecule has 1 N–H and O–H groups in total. The Morgan fingerprint density at radius 3 is 1.97 bits per heavy atom. The molecule has 4 nitrogen and oxygen atoms in total. The van der Waals surface area contributed by atoms with Crippen molar-refractivity contribution in [3.8, 4) is 0 Å². The molecule has 0 unspecified atom stereocenters. The Bertz CT molecular complexity index is 1560. The fraction of sp³-hybridized carbons (Fsp3) is 0.161. The molecule has 1 heterocycles. The van der Waals surface area contributed by atoms with Gasteiger partial charge in [0.25, 0.3) is 0 Å². The van der Waals surface area contributed by atoms with Gasteiger partial charge in [-0.05, 0) is 77.2 Å². The number of carboxylic acid groups (broad SMARTS) is 1. The van der Waals surface area contributed by atoms with Gasteiger partial charge in [-0.15, -0.1) is 0 Å². The van der Waals surface area contributed by atoms with E-state index in [2.05, 4.69) is 17.6 Å². The van der Waals surface area contributed by atoms with Gasteiger partial charge in [0.05, 0.1) is 11.0 Å². The SMILES string of the molecule is CCc1nc2ccc(C(C(=O)O)(c3ccc(Cl)cc3)c3ccc(Cl)cc3)cc2n1CCc1cccc(Cl)c1. The van der Waals surface area contributed by atoms with Crippen LogP contribution in [0.4, 0.5) is 0 Å². The van der Waals surface area contributed by atoms with Gasteiger partial charge in [0.2, 0.25) is 0 Å². The maximum Gasteiger partial charge on any atom is 0.323 e. The highest BCUT2D eigenvalue weighted by Gasteiger charge is 2.44. The molecule has 0 aliphatic rings. The molecule has 0 saturated heterocycles. The topological polar surface area (TPSA) is 55.1 Å². The Morgan fingerprint density at radius 2 is 1.42 bits per heavy atom. The van der Waals surface area contributed by atoms with Crippen LogP contribution in [0.1, 0.15) is 35.0 Å². The Kier molecular flexibility index (Phi) is 7.49. The molecule has 0 saturated carbocycles. The number of hydrogen-bond acceptors (Lipinski definition) is 2. The predicted octanol–water partition coefficient (Wildman–Crippen LogP) is 8.22. The molecule has 1 aromatic heterocycles. The normalized spacial score (nSPS) is 11.7. The molecule has 0 aliphatic heterocycles. The number of benzene rings is 4. The maximum absolute atomic E-state index is 13.3. The summed E-state index contributed by atoms with van der Waals surface area (Å²) in [7, 11) is 0. The maximum atomic E-state index is 13.3. The van der Waals surface area contributed by atoms with E-state index >= 15 is 0 Å². The quantitative estimate of drug-likeness (QED) is 0.194. The summed E-state index contributed by atoms with van der Waals surface area (Å²) in [5, 5.41) is 12.7. The predicted molar refractivity (Wildman–Crippen MR) is 155 cm³/mol. The van der Waals surface area contributed by atoms with Gasteiger partial charge in [0, 0.05) is 28.0 Å². The standard InChI is InChI=1S/C31H25Cl3N2O2/c1-2-29-35-27-15-10-23(19-28(27)36(29)17-16-20-4-3-5-26(34)18-20)31(30(37)38,21-6-11-24(32)12-7-21)22-8-13-25(33)14-9-22/h3-15,18-19H,2,16-17H2,1H3,(H,37,38). The van der Waals surface area contributed by atoms with Crippen molar-refractivity contribution >= 4 is 51.8 Å². The zero-order valence-electron chi connectivity index (χ0n) is 20.7. The van der Waals surface area contributed by atoms with E-state index in [0.717, 1.165) is 35.3 Å². The fourth-order valence-electron chi connectivity index (χ4n) is 5.13. The molecule has 38 heavy (non-hydrogen) atoms. The molecule has 0 bridgehead atoms. The average molecular weight is 564 g/mol. The highest BCUT2D eigenvalue weighted by atomic mass is 35.5. The number of nitrogens with zero attached hydrogens (tertiary/aromatic N) is 2. The minimum absolute atomic E-state index is 0.534. The van der Waals surface area contributed by atoms with Crippen molar-refractivity contribution in [2.75, 3.05) is 0 Å². The van der Waals surface area contributed by atoms with Crippen LogP contribution < -0.4 is 0 Å². The number of carbonyl (C=O) groups is 1. The van der Waals surface area contributed by atoms with E-state index in [-0.39, 0.29) is 0 Å². The molecular formula is C31H25Cl3N2O2. The zero-order chi connectivity index (χ0) is 26.9. The lowest BCUT2D eigenvalue weighted by Gasteiger charge is -2.31. The Hall–Kier alpha value is -3.31. The third-order valence-corrected chi connectivity index (χ3v) is 7.70. The lowest BCUT2D eigenvalue weighted by Crippen LogP contribution is -2.38. The summed E-state index contributed by atoms with van der Waals surface area (Å²) in [5.74, 6) is -0.0553. The number of hydrogen-bond donors (Lipinski definition) is 1. The van der Waals surface area contributed by atoms with Crippen LogP contribution >= 0.6 is 34.8 Å². The van der Waals surface area contributed by atoms with E-state index in [1.54, 1.807) is 48.5 Å². The smallest absolute Gasteiger partial charge is 0.323 e. The first-order valence-corrected chi connectivity index (χ1v) is 13.5. The number of fused-ring (bicyclic) bond motifs is 1. The van der Waals surface area contributed by atoms with Crippen molar-refractivity contribution in [2.24, 2.45) is 0 Å². The number of imidazole rings is 1. The molecule has 0 aliphatic carbocycles. The van der Waals surface area contributed by atoms with E-state index in [1.807, 2.05) is 36.4 Å². The van der Waals surface area contributed by atoms with Crippen LogP contribution in [-0.2, 0) is 29.6 Å². The van der Waals surface area contributed by atoms with Crippen molar-refractivity contribution in [3.05, 3.63) is 134 Å². The van der Waals surface area contributed by atoms with Crippen LogP contribution in [0.2, 0.25) is 15.1 Å². The molecule has 7 heteroatoms. The van der Waals surface area contributed by atoms with Crippen LogP contribution in [0.3, 0.4) is 0 Å². The summed E-state index contributed by atoms with van der Waals surface area (Å²) in [4.78, 5) is 18.2. The molecule has 0 amide bonds. The van der Waals surface area contributed by atoms with Crippen molar-refractivity contribution in [2.45, 2.75) is 31.7 Å². The molecule has 4 aromatic carbocycles. The lowest BCUT2D eigenvalue weighted by atomic mass is 9.69. The van der Waals surface area contributed by atoms with Crippen LogP contribution in [0.25, 0.3) is 11.0 Å². The fourth-order valence-corrected chi connectivity index (χ4v) is 5.59. The second-order valence-electron chi connectivity index (χ2n) is 9.19. The summed E-state index contributed by atoms with van der Waals surface area (Å²) in [6.45, 7) is 2.76. The number of halogens is 3. The van der Waals surface area contributed by atoms with E-state index in [1.165, 1.54) is 0 Å². The van der Waals surface area contributed by atoms with E-state index in [9.17, 15) is 9.90 Å². The number of carboxylic acids is 1. The number of rotatable bonds is 8. The van der Waals surface area contributed by atoms with Gasteiger partial charge in [-0.1, -0.05) is 84.2 Å². The molecule has 0 spiro atoms. The third kappa shape index (κ3) is 4.80. The molecule has 5 aromatic rings. The Labute approximate surface area is 236 Å². The molecule has 5 rings (SSSR count). The van der Waals surface area contributed by atoms with E-state index in [4.69, 9.17) is 39.8 Å². The Balaban J connectivity index is 1.71. The summed E-state index contributed by atoms with van der Waals surface area (Å²) >= 11 is 18.6. The first-order chi connectivity index (χ1) is 18.3. The first-order valence-electron chi connectivity index (χ1n) is 12.3. The van der Waals surface area contributed by atoms with Gasteiger partial charge in [0.15, 0.2) is 0 Å². The average Bonchev–Trinajstić information content (AvgIpc) is 3.27. The van der Waals surface area contributed by atoms with Gasteiger partial charge in [-0.25, -0.2) is 4.98 Å². The lowest BCUT2D eigenvalue weighted by molar-refractivity contribution is -0.140. The highest BCUT2D eigenvalue weighted by molar-refractivity contribution is 6.31. The van der Waals surface area contributed by atoms with Crippen molar-refractivity contribution in [1.82, 2.24) is 9.55 Å². The summed E-state index contributed by atoms with van der Waals surface area (Å²) in [6.07, 6.45) is 1.51. The highest BCUT2D eigenvalue weighted by Crippen LogP contribution is 2.41. The monoisotopic (exact) mass is 562 g/mol. The number of aryl methyl sites for hydroxylation is 3. The summed E-state index contributed by atoms with van der Waals surface area (Å²) < 4.78 is 2.18. The van der Waals surface area contributed by atoms with Gasteiger partial charge in [-0.3, -0.25) is 4.79 Å². The minimum Gasteiger partial charge on any atom is -0.480 e. The van der Waals surface area contributed by atoms with Crippen LogP contribution in [0.5, 0.6) is 0 Å². The summed E-state index contributed by atoms with van der Waals surface area (Å²) in [6, 6.07) is 27.5.